The largest absolute Gasteiger partial charge is 0.386 e. The minimum Gasteiger partial charge on any atom is -0.386 e. The van der Waals surface area contributed by atoms with E-state index in [9.17, 15) is 5.11 Å². The minimum atomic E-state index is -0.496. The predicted molar refractivity (Wildman–Crippen MR) is 63.3 cm³/mol. The molecule has 0 radical (unpaired) electrons. The van der Waals surface area contributed by atoms with Crippen molar-refractivity contribution in [3.05, 3.63) is 20.3 Å². The molecule has 0 aromatic carbocycles. The summed E-state index contributed by atoms with van der Waals surface area (Å²) in [5.74, 6) is 0. The highest BCUT2D eigenvalue weighted by Crippen LogP contribution is 2.29. The third kappa shape index (κ3) is 2.09. The Hall–Kier alpha value is -0.780. The van der Waals surface area contributed by atoms with E-state index >= 15 is 0 Å². The molecule has 0 saturated heterocycles. The Labute approximate surface area is 96.5 Å². The van der Waals surface area contributed by atoms with Gasteiger partial charge in [-0.1, -0.05) is 0 Å². The van der Waals surface area contributed by atoms with Crippen LogP contribution in [-0.4, -0.2) is 15.1 Å². The lowest BCUT2D eigenvalue weighted by Gasteiger charge is -1.96. The summed E-state index contributed by atoms with van der Waals surface area (Å²) in [4.78, 5) is 9.98. The van der Waals surface area contributed by atoms with Gasteiger partial charge in [-0.3, -0.25) is 0 Å². The number of rotatable bonds is 2. The molecule has 2 rings (SSSR count). The molecule has 0 bridgehead atoms. The van der Waals surface area contributed by atoms with Crippen LogP contribution in [0.2, 0.25) is 0 Å². The van der Waals surface area contributed by atoms with Crippen LogP contribution in [0.4, 0.5) is 0 Å². The first-order valence-electron chi connectivity index (χ1n) is 4.66. The molecule has 0 aliphatic rings. The summed E-state index contributed by atoms with van der Waals surface area (Å²) in [5, 5.41) is 13.1. The first-order valence-corrected chi connectivity index (χ1v) is 6.35. The van der Waals surface area contributed by atoms with E-state index in [2.05, 4.69) is 9.97 Å². The number of hydrogen-bond acceptors (Lipinski definition) is 5. The molecule has 1 atom stereocenters. The molecule has 0 aliphatic carbocycles. The summed E-state index contributed by atoms with van der Waals surface area (Å²) < 4.78 is 0. The molecule has 3 nitrogen and oxygen atoms in total. The van der Waals surface area contributed by atoms with Crippen molar-refractivity contribution in [3.63, 3.8) is 0 Å². The van der Waals surface area contributed by atoms with Crippen LogP contribution < -0.4 is 0 Å². The Morgan fingerprint density at radius 3 is 2.53 bits per heavy atom. The summed E-state index contributed by atoms with van der Waals surface area (Å²) in [5.41, 5.74) is 1.82. The number of aromatic nitrogens is 2. The van der Waals surface area contributed by atoms with Gasteiger partial charge in [-0.15, -0.1) is 22.7 Å². The van der Waals surface area contributed by atoms with Crippen LogP contribution in [0.3, 0.4) is 0 Å². The van der Waals surface area contributed by atoms with Crippen molar-refractivity contribution in [1.29, 1.82) is 0 Å². The molecular weight excluding hydrogens is 228 g/mol. The van der Waals surface area contributed by atoms with Crippen molar-refractivity contribution < 1.29 is 5.11 Å². The Kier molecular flexibility index (Phi) is 2.86. The Bertz CT molecular complexity index is 473. The lowest BCUT2D eigenvalue weighted by Crippen LogP contribution is -1.89. The molecule has 15 heavy (non-hydrogen) atoms. The topological polar surface area (TPSA) is 46.0 Å². The van der Waals surface area contributed by atoms with Gasteiger partial charge in [-0.05, 0) is 20.8 Å². The second-order valence-electron chi connectivity index (χ2n) is 3.38. The first kappa shape index (κ1) is 10.7. The van der Waals surface area contributed by atoms with E-state index in [4.69, 9.17) is 0 Å². The van der Waals surface area contributed by atoms with Crippen molar-refractivity contribution in [3.8, 4) is 11.4 Å². The Balaban J connectivity index is 2.41. The second-order valence-corrected chi connectivity index (χ2v) is 5.68. The number of aryl methyl sites for hydroxylation is 2. The van der Waals surface area contributed by atoms with Crippen LogP contribution in [0.5, 0.6) is 0 Å². The van der Waals surface area contributed by atoms with Gasteiger partial charge < -0.3 is 5.11 Å². The van der Waals surface area contributed by atoms with Gasteiger partial charge in [-0.25, -0.2) is 9.97 Å². The van der Waals surface area contributed by atoms with Gasteiger partial charge in [0.25, 0.3) is 0 Å². The van der Waals surface area contributed by atoms with E-state index < -0.39 is 6.10 Å². The highest BCUT2D eigenvalue weighted by atomic mass is 32.1. The zero-order chi connectivity index (χ0) is 11.0. The number of aliphatic hydroxyl groups is 1. The average molecular weight is 240 g/mol. The van der Waals surface area contributed by atoms with Crippen molar-refractivity contribution in [2.24, 2.45) is 0 Å². The predicted octanol–water partition coefficient (Wildman–Crippen LogP) is 2.94. The van der Waals surface area contributed by atoms with E-state index in [-0.39, 0.29) is 0 Å². The Morgan fingerprint density at radius 1 is 1.33 bits per heavy atom. The normalized spacial score (nSPS) is 13.1. The van der Waals surface area contributed by atoms with Crippen molar-refractivity contribution in [2.45, 2.75) is 26.9 Å². The smallest absolute Gasteiger partial charge is 0.122 e. The van der Waals surface area contributed by atoms with Crippen LogP contribution in [0, 0.1) is 13.8 Å². The van der Waals surface area contributed by atoms with Crippen LogP contribution >= 0.6 is 22.7 Å². The van der Waals surface area contributed by atoms with Gasteiger partial charge >= 0.3 is 0 Å². The molecule has 2 heterocycles. The summed E-state index contributed by atoms with van der Waals surface area (Å²) in [6.07, 6.45) is -0.496. The van der Waals surface area contributed by atoms with Gasteiger partial charge in [0, 0.05) is 10.3 Å². The molecule has 0 fully saturated rings. The zero-order valence-corrected chi connectivity index (χ0v) is 10.4. The standard InChI is InChI=1S/C10H12N2OS2/c1-5(13)10-12-8(4-14-10)9-6(2)15-7(3)11-9/h4-5,13H,1-3H3. The van der Waals surface area contributed by atoms with Crippen LogP contribution in [0.15, 0.2) is 5.38 Å². The lowest BCUT2D eigenvalue weighted by atomic mass is 10.3. The van der Waals surface area contributed by atoms with E-state index in [1.54, 1.807) is 18.3 Å². The minimum absolute atomic E-state index is 0.496. The number of nitrogens with zero attached hydrogens (tertiary/aromatic N) is 2. The van der Waals surface area contributed by atoms with Gasteiger partial charge in [0.2, 0.25) is 0 Å². The van der Waals surface area contributed by atoms with E-state index in [0.717, 1.165) is 21.4 Å². The van der Waals surface area contributed by atoms with Crippen LogP contribution in [0.1, 0.15) is 27.9 Å². The summed E-state index contributed by atoms with van der Waals surface area (Å²) in [6.45, 7) is 5.76. The third-order valence-corrected chi connectivity index (χ3v) is 3.93. The van der Waals surface area contributed by atoms with Gasteiger partial charge in [0.1, 0.15) is 22.5 Å². The first-order chi connectivity index (χ1) is 7.08. The molecular formula is C10H12N2OS2. The summed E-state index contributed by atoms with van der Waals surface area (Å²) in [6, 6.07) is 0. The molecule has 80 valence electrons. The molecule has 1 unspecified atom stereocenters. The molecule has 0 spiro atoms. The SMILES string of the molecule is Cc1nc(-c2csc(C(C)O)n2)c(C)s1. The second kappa shape index (κ2) is 4.00. The maximum Gasteiger partial charge on any atom is 0.122 e. The third-order valence-electron chi connectivity index (χ3n) is 2.03. The zero-order valence-electron chi connectivity index (χ0n) is 8.81. The van der Waals surface area contributed by atoms with Gasteiger partial charge in [0.15, 0.2) is 0 Å². The average Bonchev–Trinajstić information content (AvgIpc) is 2.71. The molecule has 0 saturated carbocycles. The molecule has 1 N–H and O–H groups in total. The highest BCUT2D eigenvalue weighted by Gasteiger charge is 2.13. The van der Waals surface area contributed by atoms with E-state index in [0.29, 0.717) is 0 Å². The lowest BCUT2D eigenvalue weighted by molar-refractivity contribution is 0.199. The van der Waals surface area contributed by atoms with Gasteiger partial charge in [0.05, 0.1) is 5.01 Å². The van der Waals surface area contributed by atoms with E-state index in [1.807, 2.05) is 19.2 Å². The Morgan fingerprint density at radius 2 is 2.07 bits per heavy atom. The quantitative estimate of drug-likeness (QED) is 0.878. The fraction of sp³-hybridized carbons (Fsp3) is 0.400. The number of aliphatic hydroxyl groups excluding tert-OH is 1. The number of thiazole rings is 2. The highest BCUT2D eigenvalue weighted by molar-refractivity contribution is 7.12. The van der Waals surface area contributed by atoms with Crippen LogP contribution in [-0.2, 0) is 0 Å². The fourth-order valence-corrected chi connectivity index (χ4v) is 2.93. The number of hydrogen-bond donors (Lipinski definition) is 1. The van der Waals surface area contributed by atoms with Gasteiger partial charge in [-0.2, -0.15) is 0 Å². The van der Waals surface area contributed by atoms with Crippen molar-refractivity contribution in [2.75, 3.05) is 0 Å². The van der Waals surface area contributed by atoms with E-state index in [1.165, 1.54) is 16.2 Å². The maximum absolute atomic E-state index is 9.39. The van der Waals surface area contributed by atoms with Crippen molar-refractivity contribution >= 4 is 22.7 Å². The van der Waals surface area contributed by atoms with Crippen LogP contribution in [0.25, 0.3) is 11.4 Å². The fourth-order valence-electron chi connectivity index (χ4n) is 1.35. The maximum atomic E-state index is 9.39. The van der Waals surface area contributed by atoms with Crippen molar-refractivity contribution in [1.82, 2.24) is 9.97 Å². The summed E-state index contributed by atoms with van der Waals surface area (Å²) in [7, 11) is 0. The molecule has 5 heteroatoms. The summed E-state index contributed by atoms with van der Waals surface area (Å²) >= 11 is 3.15. The molecule has 0 amide bonds. The monoisotopic (exact) mass is 240 g/mol. The molecule has 2 aromatic heterocycles. The molecule has 0 aliphatic heterocycles. The molecule has 2 aromatic rings.